The van der Waals surface area contributed by atoms with E-state index < -0.39 is 48.3 Å². The topological polar surface area (TPSA) is 38.7 Å². The molecule has 0 unspecified atom stereocenters. The van der Waals surface area contributed by atoms with Crippen molar-refractivity contribution in [3.63, 3.8) is 0 Å². The number of aromatic nitrogens is 3. The molecule has 8 heteroatoms. The van der Waals surface area contributed by atoms with Crippen molar-refractivity contribution in [2.75, 3.05) is 0 Å². The van der Waals surface area contributed by atoms with Crippen LogP contribution in [0.1, 0.15) is 0 Å². The Balaban J connectivity index is 1.48. The minimum atomic E-state index is -1.81. The molecule has 6 rings (SSSR count). The minimum Gasteiger partial charge on any atom is -0.208 e. The lowest BCUT2D eigenvalue weighted by molar-refractivity contribution is 0.439. The first-order valence-corrected chi connectivity index (χ1v) is 17.6. The van der Waals surface area contributed by atoms with Crippen LogP contribution in [0.5, 0.6) is 0 Å². The third-order valence-corrected chi connectivity index (χ3v) is 9.51. The summed E-state index contributed by atoms with van der Waals surface area (Å²) in [6.07, 6.45) is 0. The van der Waals surface area contributed by atoms with E-state index in [0.717, 1.165) is 11.1 Å². The van der Waals surface area contributed by atoms with Gasteiger partial charge in [0.05, 0.1) is 19.2 Å². The predicted molar refractivity (Wildman–Crippen MR) is 170 cm³/mol. The molecular weight excluding hydrogens is 578 g/mol. The molecule has 1 aromatic heterocycles. The van der Waals surface area contributed by atoms with Gasteiger partial charge in [-0.05, 0) is 16.7 Å². The minimum absolute atomic E-state index is 0.0447. The van der Waals surface area contributed by atoms with Gasteiger partial charge in [-0.1, -0.05) is 134 Å². The number of nitrogens with zero attached hydrogens (tertiary/aromatic N) is 3. The second-order valence-electron chi connectivity index (χ2n) is 11.4. The monoisotopic (exact) mass is 605 g/mol. The highest BCUT2D eigenvalue weighted by molar-refractivity contribution is 6.88. The standard InChI is InChI=1S/C36H27F4N3Si/c1-44(2,3)27-20-18-23(19-21-27)22-14-16-24(17-15-22)28-30(37)29(32(39)33(40)31(28)38)36-42-34(25-10-6-4-7-11-25)41-35(43-36)26-12-8-5-9-13-26/h4-21H,1-3H3. The maximum absolute atomic E-state index is 16.3. The lowest BCUT2D eigenvalue weighted by Gasteiger charge is -2.17. The molecule has 0 bridgehead atoms. The summed E-state index contributed by atoms with van der Waals surface area (Å²) in [4.78, 5) is 13.1. The molecule has 44 heavy (non-hydrogen) atoms. The summed E-state index contributed by atoms with van der Waals surface area (Å²) in [6.45, 7) is 6.79. The number of rotatable bonds is 6. The Morgan fingerprint density at radius 2 is 0.795 bits per heavy atom. The summed E-state index contributed by atoms with van der Waals surface area (Å²) in [5.74, 6) is -6.66. The van der Waals surface area contributed by atoms with E-state index in [1.807, 2.05) is 12.1 Å². The van der Waals surface area contributed by atoms with E-state index in [-0.39, 0.29) is 17.2 Å². The van der Waals surface area contributed by atoms with Gasteiger partial charge in [-0.3, -0.25) is 0 Å². The summed E-state index contributed by atoms with van der Waals surface area (Å²) in [6, 6.07) is 32.2. The Morgan fingerprint density at radius 3 is 1.27 bits per heavy atom. The Hall–Kier alpha value is -4.95. The first-order chi connectivity index (χ1) is 21.1. The van der Waals surface area contributed by atoms with E-state index in [0.29, 0.717) is 11.1 Å². The molecule has 3 nitrogen and oxygen atoms in total. The van der Waals surface area contributed by atoms with Crippen molar-refractivity contribution in [2.24, 2.45) is 0 Å². The first-order valence-electron chi connectivity index (χ1n) is 14.1. The van der Waals surface area contributed by atoms with E-state index in [2.05, 4.69) is 46.7 Å². The third kappa shape index (κ3) is 5.56. The van der Waals surface area contributed by atoms with Crippen molar-refractivity contribution < 1.29 is 17.6 Å². The highest BCUT2D eigenvalue weighted by Gasteiger charge is 2.29. The van der Waals surface area contributed by atoms with Gasteiger partial charge in [0, 0.05) is 11.1 Å². The average molecular weight is 606 g/mol. The second-order valence-corrected chi connectivity index (χ2v) is 16.5. The van der Waals surface area contributed by atoms with Crippen LogP contribution < -0.4 is 5.19 Å². The molecular formula is C36H27F4N3Si. The lowest BCUT2D eigenvalue weighted by atomic mass is 9.97. The van der Waals surface area contributed by atoms with Gasteiger partial charge in [-0.2, -0.15) is 0 Å². The second kappa shape index (κ2) is 11.6. The summed E-state index contributed by atoms with van der Waals surface area (Å²) in [7, 11) is -1.48. The first kappa shape index (κ1) is 29.1. The quantitative estimate of drug-likeness (QED) is 0.0822. The fourth-order valence-corrected chi connectivity index (χ4v) is 6.16. The number of hydrogen-bond donors (Lipinski definition) is 0. The van der Waals surface area contributed by atoms with E-state index in [1.54, 1.807) is 72.8 Å². The number of hydrogen-bond acceptors (Lipinski definition) is 3. The van der Waals surface area contributed by atoms with E-state index in [1.165, 1.54) is 17.3 Å². The zero-order chi connectivity index (χ0) is 31.0. The van der Waals surface area contributed by atoms with Gasteiger partial charge >= 0.3 is 0 Å². The van der Waals surface area contributed by atoms with Crippen molar-refractivity contribution >= 4 is 13.3 Å². The van der Waals surface area contributed by atoms with Crippen molar-refractivity contribution in [3.8, 4) is 56.4 Å². The lowest BCUT2D eigenvalue weighted by Crippen LogP contribution is -2.37. The van der Waals surface area contributed by atoms with Crippen molar-refractivity contribution in [3.05, 3.63) is 132 Å². The fourth-order valence-electron chi connectivity index (χ4n) is 5.00. The highest BCUT2D eigenvalue weighted by atomic mass is 28.3. The van der Waals surface area contributed by atoms with E-state index >= 15 is 17.6 Å². The molecule has 0 aliphatic carbocycles. The molecule has 0 aliphatic heterocycles. The summed E-state index contributed by atoms with van der Waals surface area (Å²) < 4.78 is 62.1. The molecule has 6 aromatic rings. The molecule has 5 aromatic carbocycles. The Bertz CT molecular complexity index is 1900. The van der Waals surface area contributed by atoms with Crippen molar-refractivity contribution in [1.82, 2.24) is 15.0 Å². The average Bonchev–Trinajstić information content (AvgIpc) is 3.04. The van der Waals surface area contributed by atoms with Crippen LogP contribution >= 0.6 is 0 Å². The van der Waals surface area contributed by atoms with Gasteiger partial charge < -0.3 is 0 Å². The summed E-state index contributed by atoms with van der Waals surface area (Å²) >= 11 is 0. The zero-order valence-corrected chi connectivity index (χ0v) is 25.2. The van der Waals surface area contributed by atoms with Crippen LogP contribution in [0.25, 0.3) is 56.4 Å². The molecule has 218 valence electrons. The van der Waals surface area contributed by atoms with Crippen LogP contribution in [0, 0.1) is 23.3 Å². The molecule has 0 N–H and O–H groups in total. The van der Waals surface area contributed by atoms with Gasteiger partial charge in [0.15, 0.2) is 34.9 Å². The fraction of sp³-hybridized carbons (Fsp3) is 0.0833. The Kier molecular flexibility index (Phi) is 7.69. The van der Waals surface area contributed by atoms with E-state index in [4.69, 9.17) is 0 Å². The van der Waals surface area contributed by atoms with Crippen LogP contribution in [0.3, 0.4) is 0 Å². The Labute approximate surface area is 254 Å². The smallest absolute Gasteiger partial charge is 0.196 e. The predicted octanol–water partition coefficient (Wildman–Crippen LogP) is 9.31. The largest absolute Gasteiger partial charge is 0.208 e. The zero-order valence-electron chi connectivity index (χ0n) is 24.2. The molecule has 0 saturated heterocycles. The highest BCUT2D eigenvalue weighted by Crippen LogP contribution is 2.38. The molecule has 0 aliphatic rings. The maximum atomic E-state index is 16.3. The molecule has 0 spiro atoms. The van der Waals surface area contributed by atoms with Gasteiger partial charge in [-0.15, -0.1) is 0 Å². The molecule has 0 amide bonds. The van der Waals surface area contributed by atoms with E-state index in [9.17, 15) is 0 Å². The molecule has 0 radical (unpaired) electrons. The molecule has 0 saturated carbocycles. The van der Waals surface area contributed by atoms with Crippen LogP contribution in [-0.2, 0) is 0 Å². The van der Waals surface area contributed by atoms with Gasteiger partial charge in [-0.25, -0.2) is 32.5 Å². The SMILES string of the molecule is C[Si](C)(C)c1ccc(-c2ccc(-c3c(F)c(F)c(F)c(-c4nc(-c5ccccc5)nc(-c5ccccc5)n4)c3F)cc2)cc1. The summed E-state index contributed by atoms with van der Waals surface area (Å²) in [5, 5.41) is 1.31. The third-order valence-electron chi connectivity index (χ3n) is 7.44. The van der Waals surface area contributed by atoms with Gasteiger partial charge in [0.1, 0.15) is 5.82 Å². The summed E-state index contributed by atoms with van der Waals surface area (Å²) in [5.41, 5.74) is 1.33. The molecule has 0 atom stereocenters. The number of benzene rings is 5. The van der Waals surface area contributed by atoms with Gasteiger partial charge in [0.2, 0.25) is 0 Å². The van der Waals surface area contributed by atoms with Crippen molar-refractivity contribution in [1.29, 1.82) is 0 Å². The molecule has 0 fully saturated rings. The normalized spacial score (nSPS) is 11.5. The van der Waals surface area contributed by atoms with Crippen LogP contribution in [-0.4, -0.2) is 23.0 Å². The number of halogens is 4. The van der Waals surface area contributed by atoms with Crippen LogP contribution in [0.2, 0.25) is 19.6 Å². The van der Waals surface area contributed by atoms with Crippen molar-refractivity contribution in [2.45, 2.75) is 19.6 Å². The molecule has 1 heterocycles. The maximum Gasteiger partial charge on any atom is 0.196 e. The van der Waals surface area contributed by atoms with Crippen LogP contribution in [0.15, 0.2) is 109 Å². The van der Waals surface area contributed by atoms with Gasteiger partial charge in [0.25, 0.3) is 0 Å². The Morgan fingerprint density at radius 1 is 0.386 bits per heavy atom. The van der Waals surface area contributed by atoms with Crippen LogP contribution in [0.4, 0.5) is 17.6 Å².